The van der Waals surface area contributed by atoms with E-state index in [9.17, 15) is 14.9 Å². The number of Topliss-reactive ketones (excluding diaryl/α,β-unsaturated/α-hetero) is 1. The first kappa shape index (κ1) is 24.2. The molecule has 178 valence electrons. The quantitative estimate of drug-likeness (QED) is 0.595. The van der Waals surface area contributed by atoms with Crippen molar-refractivity contribution in [1.29, 1.82) is 5.26 Å². The number of pyridine rings is 1. The molecule has 1 amide bonds. The minimum absolute atomic E-state index is 0.00748. The standard InChI is InChI=1S/C26H29N3O4S/c1-26(2)11-20-24(21(30)12-26)23(16-6-8-17(32-3)9-7-16)19(13-27)25(29-20)34-15-22(31)28-14-18-5-4-10-33-18/h6-9,18H,4-5,10-12,14-15H2,1-3H3,(H,28,31)/t18-/m0/s1. The number of rotatable bonds is 7. The van der Waals surface area contributed by atoms with E-state index in [1.165, 1.54) is 11.8 Å². The first-order chi connectivity index (χ1) is 16.3. The highest BCUT2D eigenvalue weighted by molar-refractivity contribution is 8.00. The van der Waals surface area contributed by atoms with E-state index < -0.39 is 0 Å². The Morgan fingerprint density at radius 1 is 1.29 bits per heavy atom. The van der Waals surface area contributed by atoms with Crippen molar-refractivity contribution >= 4 is 23.5 Å². The second kappa shape index (κ2) is 10.2. The summed E-state index contributed by atoms with van der Waals surface area (Å²) in [5.74, 6) is 0.681. The molecule has 1 atom stereocenters. The highest BCUT2D eigenvalue weighted by Gasteiger charge is 2.36. The Hall–Kier alpha value is -2.89. The number of amides is 1. The number of hydrogen-bond acceptors (Lipinski definition) is 7. The Morgan fingerprint density at radius 3 is 2.71 bits per heavy atom. The van der Waals surface area contributed by atoms with Crippen LogP contribution in [-0.2, 0) is 16.0 Å². The Morgan fingerprint density at radius 2 is 2.06 bits per heavy atom. The second-order valence-corrected chi connectivity index (χ2v) is 10.5. The molecular formula is C26H29N3O4S. The van der Waals surface area contributed by atoms with Crippen molar-refractivity contribution in [1.82, 2.24) is 10.3 Å². The third-order valence-electron chi connectivity index (χ3n) is 6.18. The number of carbonyl (C=O) groups excluding carboxylic acids is 2. The summed E-state index contributed by atoms with van der Waals surface area (Å²) in [6.45, 7) is 5.32. The smallest absolute Gasteiger partial charge is 0.230 e. The second-order valence-electron chi connectivity index (χ2n) is 9.50. The summed E-state index contributed by atoms with van der Waals surface area (Å²) in [7, 11) is 1.59. The number of thioether (sulfide) groups is 1. The van der Waals surface area contributed by atoms with E-state index in [2.05, 4.69) is 11.4 Å². The van der Waals surface area contributed by atoms with Crippen molar-refractivity contribution in [2.75, 3.05) is 26.0 Å². The maximum atomic E-state index is 13.2. The largest absolute Gasteiger partial charge is 0.497 e. The molecule has 7 nitrogen and oxygen atoms in total. The van der Waals surface area contributed by atoms with Crippen LogP contribution in [0.1, 0.15) is 54.7 Å². The topological polar surface area (TPSA) is 101 Å². The number of ether oxygens (including phenoxy) is 2. The average Bonchev–Trinajstić information content (AvgIpc) is 3.33. The summed E-state index contributed by atoms with van der Waals surface area (Å²) in [6, 6.07) is 9.59. The van der Waals surface area contributed by atoms with Crippen LogP contribution in [0.25, 0.3) is 11.1 Å². The van der Waals surface area contributed by atoms with Gasteiger partial charge in [0.2, 0.25) is 5.91 Å². The minimum Gasteiger partial charge on any atom is -0.497 e. The van der Waals surface area contributed by atoms with Crippen LogP contribution in [0.4, 0.5) is 0 Å². The number of carbonyl (C=O) groups is 2. The Labute approximate surface area is 204 Å². The molecule has 34 heavy (non-hydrogen) atoms. The zero-order chi connectivity index (χ0) is 24.3. The summed E-state index contributed by atoms with van der Waals surface area (Å²) in [4.78, 5) is 30.4. The van der Waals surface area contributed by atoms with Crippen LogP contribution in [-0.4, -0.2) is 48.8 Å². The van der Waals surface area contributed by atoms with E-state index in [1.807, 2.05) is 38.1 Å². The predicted octanol–water partition coefficient (Wildman–Crippen LogP) is 4.17. The zero-order valence-electron chi connectivity index (χ0n) is 19.8. The third kappa shape index (κ3) is 5.26. The molecule has 1 fully saturated rings. The van der Waals surface area contributed by atoms with Crippen LogP contribution in [0.5, 0.6) is 5.75 Å². The fourth-order valence-electron chi connectivity index (χ4n) is 4.55. The number of methoxy groups -OCH3 is 1. The predicted molar refractivity (Wildman–Crippen MR) is 130 cm³/mol. The molecule has 8 heteroatoms. The first-order valence-electron chi connectivity index (χ1n) is 11.5. The van der Waals surface area contributed by atoms with Crippen molar-refractivity contribution < 1.29 is 19.1 Å². The van der Waals surface area contributed by atoms with Gasteiger partial charge in [-0.3, -0.25) is 9.59 Å². The number of nitriles is 1. The minimum atomic E-state index is -0.219. The van der Waals surface area contributed by atoms with Gasteiger partial charge in [0.1, 0.15) is 16.8 Å². The fourth-order valence-corrected chi connectivity index (χ4v) is 5.39. The van der Waals surface area contributed by atoms with Gasteiger partial charge >= 0.3 is 0 Å². The van der Waals surface area contributed by atoms with Gasteiger partial charge in [-0.15, -0.1) is 0 Å². The van der Waals surface area contributed by atoms with Crippen molar-refractivity contribution in [3.63, 3.8) is 0 Å². The fraction of sp³-hybridized carbons (Fsp3) is 0.462. The van der Waals surface area contributed by atoms with Gasteiger partial charge in [0.25, 0.3) is 0 Å². The van der Waals surface area contributed by atoms with E-state index in [4.69, 9.17) is 14.5 Å². The summed E-state index contributed by atoms with van der Waals surface area (Å²) in [5.41, 5.74) is 2.67. The first-order valence-corrected chi connectivity index (χ1v) is 12.5. The third-order valence-corrected chi connectivity index (χ3v) is 7.16. The Balaban J connectivity index is 1.68. The van der Waals surface area contributed by atoms with E-state index in [1.54, 1.807) is 7.11 Å². The molecule has 2 heterocycles. The van der Waals surface area contributed by atoms with E-state index in [-0.39, 0.29) is 29.0 Å². The van der Waals surface area contributed by atoms with Crippen molar-refractivity contribution in [2.45, 2.75) is 50.7 Å². The lowest BCUT2D eigenvalue weighted by atomic mass is 9.73. The van der Waals surface area contributed by atoms with Crippen LogP contribution < -0.4 is 10.1 Å². The summed E-state index contributed by atoms with van der Waals surface area (Å²) >= 11 is 1.23. The van der Waals surface area contributed by atoms with Gasteiger partial charge < -0.3 is 14.8 Å². The van der Waals surface area contributed by atoms with Gasteiger partial charge in [-0.25, -0.2) is 4.98 Å². The molecule has 2 aliphatic rings. The highest BCUT2D eigenvalue weighted by atomic mass is 32.2. The SMILES string of the molecule is COc1ccc(-c2c(C#N)c(SCC(=O)NC[C@@H]3CCCO3)nc3c2C(=O)CC(C)(C)C3)cc1. The molecule has 1 aliphatic carbocycles. The molecular weight excluding hydrogens is 450 g/mol. The Kier molecular flexibility index (Phi) is 7.24. The maximum Gasteiger partial charge on any atom is 0.230 e. The van der Waals surface area contributed by atoms with Gasteiger partial charge in [0.05, 0.1) is 30.2 Å². The molecule has 1 aromatic heterocycles. The van der Waals surface area contributed by atoms with Crippen LogP contribution in [0.3, 0.4) is 0 Å². The summed E-state index contributed by atoms with van der Waals surface area (Å²) in [5, 5.41) is 13.5. The molecule has 0 unspecified atom stereocenters. The van der Waals surface area contributed by atoms with Gasteiger partial charge in [-0.1, -0.05) is 37.7 Å². The molecule has 0 radical (unpaired) electrons. The van der Waals surface area contributed by atoms with Crippen LogP contribution in [0.2, 0.25) is 0 Å². The van der Waals surface area contributed by atoms with Crippen molar-refractivity contribution in [3.05, 3.63) is 41.1 Å². The lowest BCUT2D eigenvalue weighted by Gasteiger charge is -2.31. The number of benzene rings is 1. The Bertz CT molecular complexity index is 1130. The summed E-state index contributed by atoms with van der Waals surface area (Å²) in [6.07, 6.45) is 3.06. The number of hydrogen-bond donors (Lipinski definition) is 1. The molecule has 0 saturated carbocycles. The average molecular weight is 480 g/mol. The van der Waals surface area contributed by atoms with Gasteiger partial charge in [0.15, 0.2) is 5.78 Å². The summed E-state index contributed by atoms with van der Waals surface area (Å²) < 4.78 is 10.8. The molecule has 0 spiro atoms. The van der Waals surface area contributed by atoms with E-state index in [0.29, 0.717) is 52.5 Å². The molecule has 1 saturated heterocycles. The van der Waals surface area contributed by atoms with Crippen LogP contribution in [0.15, 0.2) is 29.3 Å². The molecule has 1 N–H and O–H groups in total. The number of nitrogens with zero attached hydrogens (tertiary/aromatic N) is 2. The molecule has 0 bridgehead atoms. The van der Waals surface area contributed by atoms with Crippen molar-refractivity contribution in [2.24, 2.45) is 5.41 Å². The van der Waals surface area contributed by atoms with Gasteiger partial charge in [-0.05, 0) is 42.4 Å². The van der Waals surface area contributed by atoms with Gasteiger partial charge in [-0.2, -0.15) is 5.26 Å². The molecule has 2 aromatic rings. The highest BCUT2D eigenvalue weighted by Crippen LogP contribution is 2.42. The number of aromatic nitrogens is 1. The normalized spacial score (nSPS) is 18.8. The zero-order valence-corrected chi connectivity index (χ0v) is 20.6. The molecule has 1 aromatic carbocycles. The van der Waals surface area contributed by atoms with Gasteiger partial charge in [0, 0.05) is 30.7 Å². The lowest BCUT2D eigenvalue weighted by Crippen LogP contribution is -2.33. The number of fused-ring (bicyclic) bond motifs is 1. The lowest BCUT2D eigenvalue weighted by molar-refractivity contribution is -0.119. The monoisotopic (exact) mass is 479 g/mol. The maximum absolute atomic E-state index is 13.2. The van der Waals surface area contributed by atoms with E-state index in [0.717, 1.165) is 25.0 Å². The molecule has 1 aliphatic heterocycles. The number of ketones is 1. The van der Waals surface area contributed by atoms with Crippen LogP contribution >= 0.6 is 11.8 Å². The van der Waals surface area contributed by atoms with Crippen molar-refractivity contribution in [3.8, 4) is 22.9 Å². The van der Waals surface area contributed by atoms with Crippen LogP contribution in [0, 0.1) is 16.7 Å². The van der Waals surface area contributed by atoms with E-state index >= 15 is 0 Å². The molecule has 4 rings (SSSR count). The number of nitrogens with one attached hydrogen (secondary N) is 1.